The van der Waals surface area contributed by atoms with Gasteiger partial charge in [0.25, 0.3) is 0 Å². The number of anilines is 1. The van der Waals surface area contributed by atoms with Gasteiger partial charge in [-0.25, -0.2) is 17.6 Å². The van der Waals surface area contributed by atoms with Crippen molar-refractivity contribution in [3.05, 3.63) is 47.7 Å². The molecule has 0 bridgehead atoms. The van der Waals surface area contributed by atoms with Crippen molar-refractivity contribution >= 4 is 27.5 Å². The molecule has 3 saturated heterocycles. The molecule has 222 valence electrons. The lowest BCUT2D eigenvalue weighted by Crippen LogP contribution is -2.43. The number of fused-ring (bicyclic) bond motifs is 3. The van der Waals surface area contributed by atoms with Gasteiger partial charge in [-0.3, -0.25) is 9.88 Å². The molecule has 2 aromatic carbocycles. The molecule has 11 heteroatoms. The Hall–Kier alpha value is -4.17. The summed E-state index contributed by atoms with van der Waals surface area (Å²) in [6.07, 6.45) is 8.02. The van der Waals surface area contributed by atoms with Crippen LogP contribution < -0.4 is 9.64 Å². The van der Waals surface area contributed by atoms with Gasteiger partial charge in [0, 0.05) is 36.7 Å². The molecule has 7 nitrogen and oxygen atoms in total. The van der Waals surface area contributed by atoms with Crippen LogP contribution >= 0.6 is 0 Å². The maximum Gasteiger partial charge on any atom is 0.319 e. The van der Waals surface area contributed by atoms with Gasteiger partial charge < -0.3 is 14.7 Å². The molecule has 0 spiro atoms. The molecule has 3 fully saturated rings. The van der Waals surface area contributed by atoms with E-state index in [1.54, 1.807) is 4.90 Å². The van der Waals surface area contributed by atoms with E-state index in [0.717, 1.165) is 19.4 Å². The molecule has 0 saturated carbocycles. The predicted molar refractivity (Wildman–Crippen MR) is 155 cm³/mol. The Labute approximate surface area is 245 Å². The van der Waals surface area contributed by atoms with E-state index >= 15 is 4.39 Å². The number of nitrogens with zero attached hydrogens (tertiary/aromatic N) is 5. The number of benzene rings is 2. The quantitative estimate of drug-likeness (QED) is 0.236. The normalized spacial score (nSPS) is 24.0. The highest BCUT2D eigenvalue weighted by Gasteiger charge is 2.49. The third kappa shape index (κ3) is 4.68. The minimum absolute atomic E-state index is 0.0676. The molecule has 0 aliphatic carbocycles. The third-order valence-electron chi connectivity index (χ3n) is 8.99. The van der Waals surface area contributed by atoms with Gasteiger partial charge in [-0.15, -0.1) is 6.42 Å². The lowest BCUT2D eigenvalue weighted by Gasteiger charge is -2.32. The first-order chi connectivity index (χ1) is 20.8. The summed E-state index contributed by atoms with van der Waals surface area (Å²) < 4.78 is 66.3. The van der Waals surface area contributed by atoms with Crippen LogP contribution in [-0.2, 0) is 0 Å². The minimum Gasteiger partial charge on any atom is -0.508 e. The highest BCUT2D eigenvalue weighted by molar-refractivity contribution is 6.03. The van der Waals surface area contributed by atoms with Crippen molar-refractivity contribution in [2.75, 3.05) is 37.7 Å². The smallest absolute Gasteiger partial charge is 0.319 e. The first-order valence-electron chi connectivity index (χ1n) is 14.5. The van der Waals surface area contributed by atoms with Gasteiger partial charge in [-0.2, -0.15) is 9.97 Å². The van der Waals surface area contributed by atoms with E-state index < -0.39 is 29.5 Å². The van der Waals surface area contributed by atoms with Gasteiger partial charge >= 0.3 is 6.01 Å². The van der Waals surface area contributed by atoms with E-state index in [1.807, 2.05) is 0 Å². The molecule has 3 atom stereocenters. The van der Waals surface area contributed by atoms with Crippen LogP contribution in [0.3, 0.4) is 0 Å². The zero-order chi connectivity index (χ0) is 29.9. The second kappa shape index (κ2) is 10.5. The summed E-state index contributed by atoms with van der Waals surface area (Å²) in [4.78, 5) is 17.2. The fourth-order valence-electron chi connectivity index (χ4n) is 7.03. The van der Waals surface area contributed by atoms with E-state index in [2.05, 4.69) is 25.8 Å². The Morgan fingerprint density at radius 3 is 2.77 bits per heavy atom. The Balaban J connectivity index is 1.38. The number of terminal acetylenes is 1. The van der Waals surface area contributed by atoms with Crippen molar-refractivity contribution in [1.82, 2.24) is 19.9 Å². The topological polar surface area (TPSA) is 74.6 Å². The fraction of sp³-hybridized carbons (Fsp3) is 0.406. The summed E-state index contributed by atoms with van der Waals surface area (Å²) in [5, 5.41) is 11.3. The van der Waals surface area contributed by atoms with Crippen LogP contribution in [0.25, 0.3) is 32.9 Å². The van der Waals surface area contributed by atoms with Crippen molar-refractivity contribution in [3.8, 4) is 35.4 Å². The molecule has 5 heterocycles. The number of rotatable bonds is 5. The van der Waals surface area contributed by atoms with Crippen LogP contribution in [0.5, 0.6) is 11.8 Å². The molecule has 3 aliphatic heterocycles. The first kappa shape index (κ1) is 27.7. The highest BCUT2D eigenvalue weighted by atomic mass is 19.1. The Bertz CT molecular complexity index is 1800. The Kier molecular flexibility index (Phi) is 6.77. The second-order valence-corrected chi connectivity index (χ2v) is 11.7. The van der Waals surface area contributed by atoms with Crippen LogP contribution in [-0.4, -0.2) is 75.6 Å². The molecule has 0 amide bonds. The van der Waals surface area contributed by atoms with Crippen molar-refractivity contribution in [2.24, 2.45) is 0 Å². The number of aromatic hydroxyl groups is 1. The predicted octanol–water partition coefficient (Wildman–Crippen LogP) is 5.70. The molecular weight excluding hydrogens is 562 g/mol. The van der Waals surface area contributed by atoms with Crippen LogP contribution in [0.15, 0.2) is 30.5 Å². The van der Waals surface area contributed by atoms with Gasteiger partial charge in [0.2, 0.25) is 0 Å². The van der Waals surface area contributed by atoms with Crippen molar-refractivity contribution in [1.29, 1.82) is 0 Å². The van der Waals surface area contributed by atoms with Crippen LogP contribution in [0.1, 0.15) is 37.7 Å². The number of phenols is 1. The van der Waals surface area contributed by atoms with Crippen LogP contribution in [0, 0.1) is 24.0 Å². The van der Waals surface area contributed by atoms with Crippen molar-refractivity contribution < 1.29 is 27.4 Å². The summed E-state index contributed by atoms with van der Waals surface area (Å²) in [7, 11) is 0. The SMILES string of the molecule is C#Cc1c(F)ccc2cc(O)cc(-c3ncc4c(N5CCC[C@H](F)C5)nc(OC[C@@]56CCCN5C[C@H](F)C6)nc4c3F)c12. The second-order valence-electron chi connectivity index (χ2n) is 11.7. The summed E-state index contributed by atoms with van der Waals surface area (Å²) in [5.41, 5.74) is -0.815. The largest absolute Gasteiger partial charge is 0.508 e. The van der Waals surface area contributed by atoms with E-state index in [4.69, 9.17) is 11.2 Å². The summed E-state index contributed by atoms with van der Waals surface area (Å²) in [6.45, 7) is 1.82. The molecule has 0 unspecified atom stereocenters. The number of aromatic nitrogens is 3. The number of hydrogen-bond acceptors (Lipinski definition) is 7. The molecule has 7 rings (SSSR count). The average Bonchev–Trinajstić information content (AvgIpc) is 3.51. The summed E-state index contributed by atoms with van der Waals surface area (Å²) >= 11 is 0. The molecular formula is C32H29F4N5O2. The Morgan fingerprint density at radius 1 is 1.09 bits per heavy atom. The van der Waals surface area contributed by atoms with E-state index in [-0.39, 0.29) is 63.8 Å². The van der Waals surface area contributed by atoms with Gasteiger partial charge in [0.1, 0.15) is 47.5 Å². The van der Waals surface area contributed by atoms with Crippen molar-refractivity contribution in [2.45, 2.75) is 50.0 Å². The van der Waals surface area contributed by atoms with E-state index in [9.17, 15) is 18.3 Å². The monoisotopic (exact) mass is 591 g/mol. The fourth-order valence-corrected chi connectivity index (χ4v) is 7.03. The molecule has 0 radical (unpaired) electrons. The van der Waals surface area contributed by atoms with Gasteiger partial charge in [0.05, 0.1) is 23.0 Å². The van der Waals surface area contributed by atoms with Gasteiger partial charge in [-0.1, -0.05) is 12.0 Å². The maximum atomic E-state index is 16.6. The molecule has 43 heavy (non-hydrogen) atoms. The third-order valence-corrected chi connectivity index (χ3v) is 8.99. The number of pyridine rings is 1. The van der Waals surface area contributed by atoms with Crippen molar-refractivity contribution in [3.63, 3.8) is 0 Å². The summed E-state index contributed by atoms with van der Waals surface area (Å²) in [5.74, 6) is 0.902. The Morgan fingerprint density at radius 2 is 1.95 bits per heavy atom. The van der Waals surface area contributed by atoms with Crippen LogP contribution in [0.2, 0.25) is 0 Å². The van der Waals surface area contributed by atoms with Crippen LogP contribution in [0.4, 0.5) is 23.4 Å². The van der Waals surface area contributed by atoms with Gasteiger partial charge in [-0.05, 0) is 55.8 Å². The van der Waals surface area contributed by atoms with E-state index in [1.165, 1.54) is 30.5 Å². The average molecular weight is 592 g/mol. The highest BCUT2D eigenvalue weighted by Crippen LogP contribution is 2.42. The first-order valence-corrected chi connectivity index (χ1v) is 14.5. The number of alkyl halides is 2. The zero-order valence-corrected chi connectivity index (χ0v) is 23.3. The number of phenolic OH excluding ortho intramolecular Hbond substituents is 1. The maximum absolute atomic E-state index is 16.6. The van der Waals surface area contributed by atoms with E-state index in [0.29, 0.717) is 37.7 Å². The number of hydrogen-bond donors (Lipinski definition) is 1. The lowest BCUT2D eigenvalue weighted by molar-refractivity contribution is 0.107. The molecule has 2 aromatic heterocycles. The number of ether oxygens (including phenoxy) is 1. The summed E-state index contributed by atoms with van der Waals surface area (Å²) in [6, 6.07) is 5.20. The number of halogens is 4. The zero-order valence-electron chi connectivity index (χ0n) is 23.3. The lowest BCUT2D eigenvalue weighted by atomic mass is 9.95. The van der Waals surface area contributed by atoms with Gasteiger partial charge in [0.15, 0.2) is 5.82 Å². The molecule has 4 aromatic rings. The standard InChI is InChI=1S/C32H29F4N5O2/c1-2-22-25(35)7-6-18-11-21(42)12-23(26(18)22)28-27(36)29-24(14-37-28)30(40-9-3-5-19(33)15-40)39-31(38-29)43-17-32-8-4-10-41(32)16-20(34)13-32/h1,6-7,11-12,14,19-20,42H,3-5,8-10,13,15-17H2/t19-,20+,32-/m0/s1. The minimum atomic E-state index is -1.08. The molecule has 1 N–H and O–H groups in total. The number of piperidine rings is 1. The molecule has 3 aliphatic rings.